The lowest BCUT2D eigenvalue weighted by atomic mass is 9.99. The number of aliphatic hydroxyl groups excluding tert-OH is 5. The van der Waals surface area contributed by atoms with Crippen LogP contribution < -0.4 is 5.32 Å². The number of hydrogen-bond acceptors (Lipinski definition) is 8. The number of nitrogens with one attached hydrogen (secondary N) is 1. The molecule has 7 atom stereocenters. The normalized spacial score (nSPS) is 19.9. The van der Waals surface area contributed by atoms with Crippen LogP contribution in [0.4, 0.5) is 0 Å². The molecule has 9 nitrogen and oxygen atoms in total. The molecule has 0 aliphatic carbocycles. The molecule has 1 fully saturated rings. The molecular weight excluding hydrogens is 851 g/mol. The van der Waals surface area contributed by atoms with Gasteiger partial charge in [-0.2, -0.15) is 0 Å². The summed E-state index contributed by atoms with van der Waals surface area (Å²) in [4.78, 5) is 13.0. The van der Waals surface area contributed by atoms with E-state index in [1.54, 1.807) is 6.08 Å². The molecule has 0 radical (unpaired) electrons. The second-order valence-corrected chi connectivity index (χ2v) is 20.0. The molecule has 1 heterocycles. The summed E-state index contributed by atoms with van der Waals surface area (Å²) >= 11 is 0. The maximum atomic E-state index is 13.0. The Morgan fingerprint density at radius 3 is 1.31 bits per heavy atom. The minimum absolute atomic E-state index is 0.191. The van der Waals surface area contributed by atoms with Gasteiger partial charge in [0.25, 0.3) is 0 Å². The third-order valence-electron chi connectivity index (χ3n) is 13.6. The van der Waals surface area contributed by atoms with Crippen molar-refractivity contribution in [3.05, 3.63) is 48.6 Å². The van der Waals surface area contributed by atoms with E-state index in [4.69, 9.17) is 9.47 Å². The van der Waals surface area contributed by atoms with Crippen molar-refractivity contribution in [2.45, 2.75) is 307 Å². The van der Waals surface area contributed by atoms with E-state index in [2.05, 4.69) is 55.6 Å². The number of allylic oxidation sites excluding steroid dienone is 7. The first-order valence-corrected chi connectivity index (χ1v) is 28.9. The van der Waals surface area contributed by atoms with Gasteiger partial charge < -0.3 is 40.3 Å². The number of rotatable bonds is 49. The molecule has 0 aromatic carbocycles. The number of hydrogen-bond donors (Lipinski definition) is 6. The quantitative estimate of drug-likeness (QED) is 0.0261. The van der Waals surface area contributed by atoms with E-state index < -0.39 is 49.5 Å². The molecule has 1 aliphatic heterocycles. The molecule has 398 valence electrons. The highest BCUT2D eigenvalue weighted by Gasteiger charge is 2.44. The molecular formula is C59H109NO8. The van der Waals surface area contributed by atoms with Crippen molar-refractivity contribution in [3.8, 4) is 0 Å². The summed E-state index contributed by atoms with van der Waals surface area (Å²) < 4.78 is 11.2. The lowest BCUT2D eigenvalue weighted by molar-refractivity contribution is -0.302. The maximum Gasteiger partial charge on any atom is 0.220 e. The van der Waals surface area contributed by atoms with E-state index in [0.717, 1.165) is 51.4 Å². The first kappa shape index (κ1) is 64.2. The largest absolute Gasteiger partial charge is 0.394 e. The Kier molecular flexibility index (Phi) is 46.0. The number of carbonyl (C=O) groups excluding carboxylic acids is 1. The Morgan fingerprint density at radius 1 is 0.500 bits per heavy atom. The zero-order chi connectivity index (χ0) is 49.4. The van der Waals surface area contributed by atoms with Crippen LogP contribution >= 0.6 is 0 Å². The van der Waals surface area contributed by atoms with Crippen molar-refractivity contribution in [2.24, 2.45) is 0 Å². The third-order valence-corrected chi connectivity index (χ3v) is 13.6. The minimum Gasteiger partial charge on any atom is -0.394 e. The van der Waals surface area contributed by atoms with E-state index >= 15 is 0 Å². The van der Waals surface area contributed by atoms with Gasteiger partial charge in [0.2, 0.25) is 5.91 Å². The van der Waals surface area contributed by atoms with Crippen LogP contribution in [0.2, 0.25) is 0 Å². The number of carbonyl (C=O) groups is 1. The fraction of sp³-hybridized carbons (Fsp3) is 0.847. The molecule has 0 saturated carbocycles. The third kappa shape index (κ3) is 37.9. The SMILES string of the molecule is CC/C=C/CC/C=C/CC/C=C/C(O)C(COC1OC(CO)C(O)C(O)C1O)NC(=O)CCCCCCCCCCCCCCCCCCC/C=C\CCCCCCCCCCCCCCCC. The summed E-state index contributed by atoms with van der Waals surface area (Å²) in [6.07, 6.45) is 58.0. The molecule has 9 heteroatoms. The van der Waals surface area contributed by atoms with Gasteiger partial charge in [0.15, 0.2) is 6.29 Å². The highest BCUT2D eigenvalue weighted by atomic mass is 16.7. The molecule has 0 aromatic heterocycles. The summed E-state index contributed by atoms with van der Waals surface area (Å²) in [5.41, 5.74) is 0. The minimum atomic E-state index is -1.57. The Bertz CT molecular complexity index is 1210. The number of ether oxygens (including phenoxy) is 2. The zero-order valence-corrected chi connectivity index (χ0v) is 44.1. The monoisotopic (exact) mass is 960 g/mol. The standard InChI is InChI=1S/C59H109NO8/c1-3-5-7-9-11-13-15-16-17-18-19-20-21-22-23-24-25-26-27-28-29-30-31-32-33-34-35-36-37-38-39-41-43-45-47-49-55(63)60-52(51-67-59-58(66)57(65)56(64)54(50-61)68-59)53(62)48-46-44-42-40-14-12-10-8-6-4-2/h6,8,14,24-25,40,46,48,52-54,56-59,61-62,64-66H,3-5,7,9-13,15-23,26-39,41-45,47,49-51H2,1-2H3,(H,60,63)/b8-6+,25-24-,40-14+,48-46+. The van der Waals surface area contributed by atoms with Gasteiger partial charge in [0.05, 0.1) is 25.4 Å². The molecule has 1 aliphatic rings. The molecule has 6 N–H and O–H groups in total. The lowest BCUT2D eigenvalue weighted by Crippen LogP contribution is -2.60. The fourth-order valence-electron chi connectivity index (χ4n) is 9.07. The lowest BCUT2D eigenvalue weighted by Gasteiger charge is -2.40. The fourth-order valence-corrected chi connectivity index (χ4v) is 9.07. The molecule has 1 amide bonds. The predicted molar refractivity (Wildman–Crippen MR) is 286 cm³/mol. The van der Waals surface area contributed by atoms with Crippen LogP contribution in [0.3, 0.4) is 0 Å². The highest BCUT2D eigenvalue weighted by molar-refractivity contribution is 5.76. The first-order chi connectivity index (χ1) is 33.3. The molecule has 1 rings (SSSR count). The van der Waals surface area contributed by atoms with Crippen LogP contribution in [0.5, 0.6) is 0 Å². The van der Waals surface area contributed by atoms with E-state index in [1.165, 1.54) is 193 Å². The smallest absolute Gasteiger partial charge is 0.220 e. The van der Waals surface area contributed by atoms with Crippen molar-refractivity contribution < 1.29 is 39.8 Å². The van der Waals surface area contributed by atoms with E-state index in [9.17, 15) is 30.3 Å². The summed E-state index contributed by atoms with van der Waals surface area (Å²) in [5, 5.41) is 54.2. The Morgan fingerprint density at radius 2 is 0.882 bits per heavy atom. The van der Waals surface area contributed by atoms with E-state index in [1.807, 2.05) is 6.08 Å². The second-order valence-electron chi connectivity index (χ2n) is 20.0. The molecule has 68 heavy (non-hydrogen) atoms. The van der Waals surface area contributed by atoms with Crippen molar-refractivity contribution in [2.75, 3.05) is 13.2 Å². The van der Waals surface area contributed by atoms with Gasteiger partial charge in [-0.3, -0.25) is 4.79 Å². The highest BCUT2D eigenvalue weighted by Crippen LogP contribution is 2.23. The second kappa shape index (κ2) is 48.8. The summed E-state index contributed by atoms with van der Waals surface area (Å²) in [5.74, 6) is -0.191. The topological polar surface area (TPSA) is 149 Å². The number of unbranched alkanes of at least 4 members (excludes halogenated alkanes) is 33. The van der Waals surface area contributed by atoms with Gasteiger partial charge in [-0.15, -0.1) is 0 Å². The van der Waals surface area contributed by atoms with Gasteiger partial charge in [0, 0.05) is 6.42 Å². The van der Waals surface area contributed by atoms with Crippen LogP contribution in [-0.4, -0.2) is 87.5 Å². The summed E-state index contributed by atoms with van der Waals surface area (Å²) in [6, 6.07) is -0.826. The Labute approximate surface area is 418 Å². The van der Waals surface area contributed by atoms with E-state index in [-0.39, 0.29) is 12.5 Å². The van der Waals surface area contributed by atoms with Crippen LogP contribution in [0, 0.1) is 0 Å². The zero-order valence-electron chi connectivity index (χ0n) is 44.1. The predicted octanol–water partition coefficient (Wildman–Crippen LogP) is 14.1. The summed E-state index contributed by atoms with van der Waals surface area (Å²) in [7, 11) is 0. The van der Waals surface area contributed by atoms with Crippen molar-refractivity contribution >= 4 is 5.91 Å². The van der Waals surface area contributed by atoms with Crippen LogP contribution in [0.1, 0.15) is 264 Å². The Hall–Kier alpha value is -1.85. The molecule has 0 spiro atoms. The van der Waals surface area contributed by atoms with Gasteiger partial charge in [0.1, 0.15) is 24.4 Å². The Balaban J connectivity index is 2.05. The molecule has 0 bridgehead atoms. The van der Waals surface area contributed by atoms with Crippen molar-refractivity contribution in [3.63, 3.8) is 0 Å². The average molecular weight is 961 g/mol. The molecule has 7 unspecified atom stereocenters. The van der Waals surface area contributed by atoms with Gasteiger partial charge >= 0.3 is 0 Å². The van der Waals surface area contributed by atoms with Gasteiger partial charge in [-0.25, -0.2) is 0 Å². The summed E-state index contributed by atoms with van der Waals surface area (Å²) in [6.45, 7) is 3.64. The maximum absolute atomic E-state index is 13.0. The van der Waals surface area contributed by atoms with Crippen molar-refractivity contribution in [1.82, 2.24) is 5.32 Å². The van der Waals surface area contributed by atoms with Gasteiger partial charge in [-0.05, 0) is 64.2 Å². The number of aliphatic hydroxyl groups is 5. The number of amides is 1. The van der Waals surface area contributed by atoms with Crippen LogP contribution in [0.25, 0.3) is 0 Å². The van der Waals surface area contributed by atoms with Crippen molar-refractivity contribution in [1.29, 1.82) is 0 Å². The first-order valence-electron chi connectivity index (χ1n) is 28.9. The average Bonchev–Trinajstić information content (AvgIpc) is 3.34. The van der Waals surface area contributed by atoms with Gasteiger partial charge in [-0.1, -0.05) is 242 Å². The van der Waals surface area contributed by atoms with E-state index in [0.29, 0.717) is 6.42 Å². The molecule has 1 saturated heterocycles. The van der Waals surface area contributed by atoms with Crippen LogP contribution in [0.15, 0.2) is 48.6 Å². The van der Waals surface area contributed by atoms with Crippen LogP contribution in [-0.2, 0) is 14.3 Å². The molecule has 0 aromatic rings.